The molecule has 0 radical (unpaired) electrons. The van der Waals surface area contributed by atoms with Gasteiger partial charge in [-0.25, -0.2) is 0 Å². The topological polar surface area (TPSA) is 135 Å². The van der Waals surface area contributed by atoms with Crippen molar-refractivity contribution in [2.75, 3.05) is 12.4 Å². The number of aliphatic hydroxyl groups is 4. The van der Waals surface area contributed by atoms with Crippen LogP contribution in [0.25, 0.3) is 0 Å². The maximum absolute atomic E-state index is 10.8. The van der Waals surface area contributed by atoms with E-state index in [4.69, 9.17) is 25.5 Å². The number of carbonyl (C=O) groups is 2. The predicted octanol–water partition coefficient (Wildman–Crippen LogP) is 1.66. The summed E-state index contributed by atoms with van der Waals surface area (Å²) < 4.78 is 0. The molecule has 2 unspecified atom stereocenters. The zero-order chi connectivity index (χ0) is 18.1. The first-order chi connectivity index (χ1) is 11.4. The van der Waals surface area contributed by atoms with Crippen LogP contribution in [0.5, 0.6) is 0 Å². The molecule has 25 heavy (non-hydrogen) atoms. The van der Waals surface area contributed by atoms with Gasteiger partial charge in [0.1, 0.15) is 5.76 Å². The van der Waals surface area contributed by atoms with E-state index in [9.17, 15) is 9.59 Å². The van der Waals surface area contributed by atoms with Gasteiger partial charge in [-0.3, -0.25) is 9.59 Å². The van der Waals surface area contributed by atoms with Crippen LogP contribution in [0, 0.1) is 5.92 Å². The van der Waals surface area contributed by atoms with Crippen molar-refractivity contribution in [3.8, 4) is 0 Å². The fourth-order valence-electron chi connectivity index (χ4n) is 2.37. The van der Waals surface area contributed by atoms with Gasteiger partial charge in [0, 0.05) is 23.8 Å². The van der Waals surface area contributed by atoms with E-state index in [0.717, 1.165) is 18.1 Å². The minimum absolute atomic E-state index is 0. The minimum atomic E-state index is -1.20. The maximum Gasteiger partial charge on any atom is 2.00 e. The van der Waals surface area contributed by atoms with Gasteiger partial charge in [0.05, 0.1) is 18.6 Å². The Morgan fingerprint density at radius 3 is 2.40 bits per heavy atom. The van der Waals surface area contributed by atoms with Crippen LogP contribution in [0.2, 0.25) is 0 Å². The standard InChI is InChI=1S/C8H14O2S2.C7H10O5.Mg/c9-8(10)4-2-1-3-7-5-6-11-12-7;8-2-5(10)3-1-4(9)7(12)6(3)11;/h7H,1-6H2,(H,9,10);3,5,8,10-12H,1-2H2;/q;;+2/t;3?,5-;/m.0./s1. The average molecular weight is 405 g/mol. The molecule has 0 bridgehead atoms. The SMILES string of the molecule is O=C(O)CCCCC1CCSS1.O=C1CC([C@@H](O)CO)C(O)=C1O.[Mg+2]. The molecule has 5 N–H and O–H groups in total. The summed E-state index contributed by atoms with van der Waals surface area (Å²) in [7, 11) is 3.92. The molecule has 1 fully saturated rings. The van der Waals surface area contributed by atoms with E-state index in [2.05, 4.69) is 0 Å². The third-order valence-corrected chi connectivity index (χ3v) is 6.82. The van der Waals surface area contributed by atoms with Crippen LogP contribution >= 0.6 is 21.6 Å². The first kappa shape index (κ1) is 24.9. The van der Waals surface area contributed by atoms with Gasteiger partial charge in [0.2, 0.25) is 5.78 Å². The van der Waals surface area contributed by atoms with Gasteiger partial charge in [0.25, 0.3) is 0 Å². The van der Waals surface area contributed by atoms with Crippen LogP contribution in [-0.2, 0) is 9.59 Å². The Bertz CT molecular complexity index is 467. The van der Waals surface area contributed by atoms with Crippen LogP contribution in [0.4, 0.5) is 0 Å². The summed E-state index contributed by atoms with van der Waals surface area (Å²) in [6.45, 7) is -0.546. The number of hydrogen-bond acceptors (Lipinski definition) is 8. The number of unbranched alkanes of at least 4 members (excludes halogenated alkanes) is 1. The fourth-order valence-corrected chi connectivity index (χ4v) is 5.40. The van der Waals surface area contributed by atoms with Gasteiger partial charge >= 0.3 is 29.0 Å². The minimum Gasteiger partial charge on any atom is -0.508 e. The molecule has 1 aliphatic carbocycles. The van der Waals surface area contributed by atoms with E-state index in [-0.39, 0.29) is 29.5 Å². The molecule has 10 heteroatoms. The van der Waals surface area contributed by atoms with Crippen molar-refractivity contribution in [3.05, 3.63) is 11.5 Å². The Morgan fingerprint density at radius 1 is 1.28 bits per heavy atom. The van der Waals surface area contributed by atoms with Crippen LogP contribution < -0.4 is 0 Å². The number of carbonyl (C=O) groups excluding carboxylic acids is 1. The number of aliphatic hydroxyl groups excluding tert-OH is 4. The molecule has 7 nitrogen and oxygen atoms in total. The van der Waals surface area contributed by atoms with Crippen molar-refractivity contribution in [1.29, 1.82) is 0 Å². The number of ketones is 1. The van der Waals surface area contributed by atoms with E-state index in [1.165, 1.54) is 18.6 Å². The van der Waals surface area contributed by atoms with Crippen molar-refractivity contribution >= 4 is 56.4 Å². The summed E-state index contributed by atoms with van der Waals surface area (Å²) >= 11 is 0. The molecule has 1 saturated heterocycles. The summed E-state index contributed by atoms with van der Waals surface area (Å²) in [5, 5.41) is 44.7. The van der Waals surface area contributed by atoms with Crippen LogP contribution in [0.15, 0.2) is 11.5 Å². The summed E-state index contributed by atoms with van der Waals surface area (Å²) in [5.41, 5.74) is 0. The van der Waals surface area contributed by atoms with Gasteiger partial charge in [-0.1, -0.05) is 28.0 Å². The number of hydrogen-bond donors (Lipinski definition) is 5. The number of allylic oxidation sites excluding steroid dienone is 1. The number of carboxylic acid groups (broad SMARTS) is 1. The summed E-state index contributed by atoms with van der Waals surface area (Å²) in [4.78, 5) is 20.9. The van der Waals surface area contributed by atoms with Crippen LogP contribution in [0.1, 0.15) is 38.5 Å². The molecule has 138 valence electrons. The Morgan fingerprint density at radius 2 is 1.96 bits per heavy atom. The van der Waals surface area contributed by atoms with Crippen molar-refractivity contribution in [3.63, 3.8) is 0 Å². The van der Waals surface area contributed by atoms with Crippen LogP contribution in [0.3, 0.4) is 0 Å². The van der Waals surface area contributed by atoms with E-state index in [0.29, 0.717) is 6.42 Å². The molecular weight excluding hydrogens is 381 g/mol. The quantitative estimate of drug-likeness (QED) is 0.244. The van der Waals surface area contributed by atoms with Gasteiger partial charge in [-0.15, -0.1) is 0 Å². The molecule has 2 rings (SSSR count). The molecule has 0 saturated carbocycles. The van der Waals surface area contributed by atoms with Crippen molar-refractivity contribution < 1.29 is 35.1 Å². The third kappa shape index (κ3) is 8.87. The largest absolute Gasteiger partial charge is 2.00 e. The summed E-state index contributed by atoms with van der Waals surface area (Å²) in [6.07, 6.45) is 3.41. The molecule has 3 atom stereocenters. The summed E-state index contributed by atoms with van der Waals surface area (Å²) in [6, 6.07) is 0. The van der Waals surface area contributed by atoms with Crippen molar-refractivity contribution in [2.45, 2.75) is 49.9 Å². The zero-order valence-electron chi connectivity index (χ0n) is 14.0. The van der Waals surface area contributed by atoms with E-state index in [1.54, 1.807) is 0 Å². The first-order valence-corrected chi connectivity index (χ1v) is 10.2. The van der Waals surface area contributed by atoms with Gasteiger partial charge in [-0.05, 0) is 19.3 Å². The predicted molar refractivity (Wildman–Crippen MR) is 98.8 cm³/mol. The Kier molecular flexibility index (Phi) is 13.0. The number of Topliss-reactive ketones (excluding diaryl/α,β-unsaturated/α-hetero) is 1. The second kappa shape index (κ2) is 13.1. The molecule has 0 amide bonds. The fraction of sp³-hybridized carbons (Fsp3) is 0.733. The second-order valence-corrected chi connectivity index (χ2v) is 8.47. The normalized spacial score (nSPS) is 23.7. The number of rotatable bonds is 7. The maximum atomic E-state index is 10.8. The Balaban J connectivity index is 0.000000443. The number of carboxylic acids is 1. The van der Waals surface area contributed by atoms with Crippen LogP contribution in [-0.4, -0.2) is 84.1 Å². The van der Waals surface area contributed by atoms with E-state index >= 15 is 0 Å². The van der Waals surface area contributed by atoms with Crippen molar-refractivity contribution in [2.24, 2.45) is 5.92 Å². The molecule has 1 aliphatic heterocycles. The third-order valence-electron chi connectivity index (χ3n) is 3.81. The van der Waals surface area contributed by atoms with Gasteiger partial charge in [0.15, 0.2) is 5.76 Å². The van der Waals surface area contributed by atoms with Gasteiger partial charge < -0.3 is 25.5 Å². The Labute approximate surface area is 170 Å². The molecule has 1 heterocycles. The Hall–Kier alpha value is -0.134. The zero-order valence-corrected chi connectivity index (χ0v) is 17.0. The molecule has 0 aromatic rings. The second-order valence-electron chi connectivity index (χ2n) is 5.69. The monoisotopic (exact) mass is 404 g/mol. The molecule has 2 aliphatic rings. The smallest absolute Gasteiger partial charge is 0.508 e. The molecular formula is C15H24MgO7S2+2. The molecule has 0 aromatic carbocycles. The van der Waals surface area contributed by atoms with E-state index < -0.39 is 41.9 Å². The number of aliphatic carboxylic acids is 1. The van der Waals surface area contributed by atoms with E-state index in [1.807, 2.05) is 21.6 Å². The van der Waals surface area contributed by atoms with Gasteiger partial charge in [-0.2, -0.15) is 0 Å². The molecule has 0 aromatic heterocycles. The van der Waals surface area contributed by atoms with Crippen molar-refractivity contribution in [1.82, 2.24) is 0 Å². The molecule has 0 spiro atoms. The summed E-state index contributed by atoms with van der Waals surface area (Å²) in [5.74, 6) is -2.08. The first-order valence-electron chi connectivity index (χ1n) is 7.81. The average Bonchev–Trinajstić information content (AvgIpc) is 3.16.